The van der Waals surface area contributed by atoms with Crippen molar-refractivity contribution in [3.05, 3.63) is 29.3 Å². The van der Waals surface area contributed by atoms with Crippen LogP contribution in [0.2, 0.25) is 0 Å². The summed E-state index contributed by atoms with van der Waals surface area (Å²) in [4.78, 5) is 29.2. The molecule has 1 N–H and O–H groups in total. The van der Waals surface area contributed by atoms with Crippen molar-refractivity contribution in [2.45, 2.75) is 52.7 Å². The Labute approximate surface area is 168 Å². The Kier molecular flexibility index (Phi) is 6.73. The molecule has 1 aromatic rings. The lowest BCUT2D eigenvalue weighted by Crippen LogP contribution is -2.46. The molecule has 2 aliphatic heterocycles. The van der Waals surface area contributed by atoms with Crippen molar-refractivity contribution in [3.8, 4) is 0 Å². The maximum Gasteiger partial charge on any atom is 0.227 e. The van der Waals surface area contributed by atoms with Crippen molar-refractivity contribution in [3.63, 3.8) is 0 Å². The third-order valence-electron chi connectivity index (χ3n) is 5.81. The molecule has 0 spiro atoms. The summed E-state index contributed by atoms with van der Waals surface area (Å²) < 4.78 is 5.75. The monoisotopic (exact) mass is 387 g/mol. The van der Waals surface area contributed by atoms with Gasteiger partial charge in [0, 0.05) is 44.8 Å². The van der Waals surface area contributed by atoms with Crippen LogP contribution in [-0.2, 0) is 14.3 Å². The van der Waals surface area contributed by atoms with E-state index < -0.39 is 0 Å². The normalized spacial score (nSPS) is 25.9. The van der Waals surface area contributed by atoms with Crippen LogP contribution in [0.3, 0.4) is 0 Å². The molecule has 3 rings (SSSR count). The predicted molar refractivity (Wildman–Crippen MR) is 110 cm³/mol. The van der Waals surface area contributed by atoms with Crippen LogP contribution in [0, 0.1) is 19.8 Å². The molecular weight excluding hydrogens is 354 g/mol. The number of rotatable bonds is 6. The number of hydrogen-bond acceptors (Lipinski definition) is 4. The van der Waals surface area contributed by atoms with Crippen LogP contribution >= 0.6 is 0 Å². The molecule has 0 bridgehead atoms. The largest absolute Gasteiger partial charge is 0.373 e. The number of nitrogens with one attached hydrogen (secondary N) is 1. The van der Waals surface area contributed by atoms with Gasteiger partial charge in [-0.15, -0.1) is 0 Å². The smallest absolute Gasteiger partial charge is 0.227 e. The number of aryl methyl sites for hydroxylation is 1. The summed E-state index contributed by atoms with van der Waals surface area (Å²) in [6.07, 6.45) is 1.72. The van der Waals surface area contributed by atoms with E-state index in [0.29, 0.717) is 13.1 Å². The molecule has 2 heterocycles. The topological polar surface area (TPSA) is 61.9 Å². The van der Waals surface area contributed by atoms with E-state index in [2.05, 4.69) is 24.1 Å². The molecule has 6 nitrogen and oxygen atoms in total. The minimum Gasteiger partial charge on any atom is -0.373 e. The van der Waals surface area contributed by atoms with E-state index >= 15 is 0 Å². The third-order valence-corrected chi connectivity index (χ3v) is 5.81. The van der Waals surface area contributed by atoms with Gasteiger partial charge in [-0.05, 0) is 51.3 Å². The quantitative estimate of drug-likeness (QED) is 0.761. The van der Waals surface area contributed by atoms with Crippen LogP contribution in [0.15, 0.2) is 18.2 Å². The van der Waals surface area contributed by atoms with Crippen LogP contribution in [0.5, 0.6) is 0 Å². The zero-order valence-electron chi connectivity index (χ0n) is 17.5. The summed E-state index contributed by atoms with van der Waals surface area (Å²) in [6, 6.07) is 5.97. The Morgan fingerprint density at radius 3 is 2.61 bits per heavy atom. The van der Waals surface area contributed by atoms with Crippen molar-refractivity contribution < 1.29 is 14.3 Å². The molecule has 1 aromatic carbocycles. The first-order valence-corrected chi connectivity index (χ1v) is 10.4. The fourth-order valence-electron chi connectivity index (χ4n) is 4.27. The van der Waals surface area contributed by atoms with Crippen LogP contribution in [0.4, 0.5) is 5.69 Å². The zero-order valence-corrected chi connectivity index (χ0v) is 17.5. The molecule has 2 amide bonds. The molecule has 0 aliphatic carbocycles. The van der Waals surface area contributed by atoms with Crippen LogP contribution in [-0.4, -0.2) is 61.6 Å². The van der Waals surface area contributed by atoms with Gasteiger partial charge in [0.2, 0.25) is 11.8 Å². The first-order chi connectivity index (χ1) is 13.3. The molecule has 3 unspecified atom stereocenters. The highest BCUT2D eigenvalue weighted by Crippen LogP contribution is 2.29. The minimum atomic E-state index is -0.268. The van der Waals surface area contributed by atoms with Gasteiger partial charge in [-0.2, -0.15) is 0 Å². The number of amides is 2. The summed E-state index contributed by atoms with van der Waals surface area (Å²) in [5, 5.41) is 3.03. The van der Waals surface area contributed by atoms with Gasteiger partial charge < -0.3 is 15.0 Å². The average molecular weight is 388 g/mol. The Hall–Kier alpha value is -1.92. The van der Waals surface area contributed by atoms with E-state index in [1.807, 2.05) is 32.0 Å². The molecule has 0 saturated carbocycles. The maximum absolute atomic E-state index is 12.6. The summed E-state index contributed by atoms with van der Waals surface area (Å²) >= 11 is 0. The minimum absolute atomic E-state index is 0.00938. The number of hydrogen-bond donors (Lipinski definition) is 1. The molecule has 0 aromatic heterocycles. The Bertz CT molecular complexity index is 711. The van der Waals surface area contributed by atoms with Gasteiger partial charge in [0.05, 0.1) is 18.1 Å². The van der Waals surface area contributed by atoms with Gasteiger partial charge in [-0.1, -0.05) is 12.1 Å². The van der Waals surface area contributed by atoms with Crippen LogP contribution in [0.25, 0.3) is 0 Å². The Morgan fingerprint density at radius 2 is 1.89 bits per heavy atom. The summed E-state index contributed by atoms with van der Waals surface area (Å²) in [7, 11) is 0. The SMILES string of the molecule is Cc1cccc(N2CC(C(=O)NCCCN3CC(C)OC(C)C3)CC2=O)c1C. The van der Waals surface area contributed by atoms with E-state index in [0.717, 1.165) is 42.9 Å². The van der Waals surface area contributed by atoms with E-state index in [4.69, 9.17) is 4.74 Å². The lowest BCUT2D eigenvalue weighted by molar-refractivity contribution is -0.126. The number of nitrogens with zero attached hydrogens (tertiary/aromatic N) is 2. The molecular formula is C22H33N3O3. The van der Waals surface area contributed by atoms with Crippen LogP contribution in [0.1, 0.15) is 37.8 Å². The first-order valence-electron chi connectivity index (χ1n) is 10.4. The van der Waals surface area contributed by atoms with Crippen molar-refractivity contribution >= 4 is 17.5 Å². The lowest BCUT2D eigenvalue weighted by atomic mass is 10.1. The summed E-state index contributed by atoms with van der Waals surface area (Å²) in [5.41, 5.74) is 3.19. The molecule has 154 valence electrons. The average Bonchev–Trinajstić information content (AvgIpc) is 3.02. The highest BCUT2D eigenvalue weighted by atomic mass is 16.5. The van der Waals surface area contributed by atoms with Crippen LogP contribution < -0.4 is 10.2 Å². The standard InChI is InChI=1S/C22H33N3O3/c1-15-7-5-8-20(18(15)4)25-14-19(11-21(25)26)22(27)23-9-6-10-24-12-16(2)28-17(3)13-24/h5,7-8,16-17,19H,6,9-14H2,1-4H3,(H,23,27). The van der Waals surface area contributed by atoms with E-state index in [9.17, 15) is 9.59 Å². The Balaban J connectivity index is 1.45. The lowest BCUT2D eigenvalue weighted by Gasteiger charge is -2.35. The molecule has 3 atom stereocenters. The van der Waals surface area contributed by atoms with Gasteiger partial charge in [-0.25, -0.2) is 0 Å². The maximum atomic E-state index is 12.6. The molecule has 2 saturated heterocycles. The molecule has 28 heavy (non-hydrogen) atoms. The molecule has 2 aliphatic rings. The highest BCUT2D eigenvalue weighted by Gasteiger charge is 2.35. The second kappa shape index (κ2) is 9.05. The number of carbonyl (C=O) groups is 2. The van der Waals surface area contributed by atoms with E-state index in [1.165, 1.54) is 0 Å². The first kappa shape index (κ1) is 20.8. The second-order valence-corrected chi connectivity index (χ2v) is 8.29. The van der Waals surface area contributed by atoms with Gasteiger partial charge in [0.25, 0.3) is 0 Å². The Morgan fingerprint density at radius 1 is 1.18 bits per heavy atom. The van der Waals surface area contributed by atoms with E-state index in [1.54, 1.807) is 4.90 Å². The number of benzene rings is 1. The third kappa shape index (κ3) is 4.92. The zero-order chi connectivity index (χ0) is 20.3. The number of ether oxygens (including phenoxy) is 1. The van der Waals surface area contributed by atoms with Gasteiger partial charge in [0.15, 0.2) is 0 Å². The number of morpholine rings is 1. The summed E-state index contributed by atoms with van der Waals surface area (Å²) in [5.74, 6) is -0.245. The highest BCUT2D eigenvalue weighted by molar-refractivity contribution is 6.00. The number of carbonyl (C=O) groups excluding carboxylic acids is 2. The summed E-state index contributed by atoms with van der Waals surface area (Å²) in [6.45, 7) is 12.2. The number of anilines is 1. The fraction of sp³-hybridized carbons (Fsp3) is 0.636. The predicted octanol–water partition coefficient (Wildman–Crippen LogP) is 2.27. The molecule has 0 radical (unpaired) electrons. The van der Waals surface area contributed by atoms with Crippen molar-refractivity contribution in [2.75, 3.05) is 37.6 Å². The van der Waals surface area contributed by atoms with Crippen molar-refractivity contribution in [1.82, 2.24) is 10.2 Å². The molecule has 2 fully saturated rings. The second-order valence-electron chi connectivity index (χ2n) is 8.29. The van der Waals surface area contributed by atoms with Crippen molar-refractivity contribution in [1.29, 1.82) is 0 Å². The van der Waals surface area contributed by atoms with Gasteiger partial charge in [0.1, 0.15) is 0 Å². The molecule has 6 heteroatoms. The van der Waals surface area contributed by atoms with Gasteiger partial charge >= 0.3 is 0 Å². The van der Waals surface area contributed by atoms with E-state index in [-0.39, 0.29) is 36.4 Å². The van der Waals surface area contributed by atoms with Crippen molar-refractivity contribution in [2.24, 2.45) is 5.92 Å². The fourth-order valence-corrected chi connectivity index (χ4v) is 4.27. The van der Waals surface area contributed by atoms with Gasteiger partial charge in [-0.3, -0.25) is 14.5 Å².